The van der Waals surface area contributed by atoms with Crippen molar-refractivity contribution in [3.8, 4) is 39.7 Å². The maximum atomic E-state index is 15.0. The van der Waals surface area contributed by atoms with Gasteiger partial charge in [0.1, 0.15) is 0 Å². The molecule has 0 saturated carbocycles. The van der Waals surface area contributed by atoms with Gasteiger partial charge in [-0.2, -0.15) is 0 Å². The first-order valence-electron chi connectivity index (χ1n) is 19.8. The molecule has 59 heavy (non-hydrogen) atoms. The minimum atomic E-state index is -0.0505. The Bertz CT molecular complexity index is 3680. The largest absolute Gasteiger partial charge is 0.308 e. The molecule has 0 spiro atoms. The van der Waals surface area contributed by atoms with Crippen LogP contribution in [-0.4, -0.2) is 23.7 Å². The molecule has 0 aliphatic carbocycles. The number of fused-ring (bicyclic) bond motifs is 9. The Kier molecular flexibility index (Phi) is 7.28. The van der Waals surface area contributed by atoms with Crippen molar-refractivity contribution < 1.29 is 0 Å². The van der Waals surface area contributed by atoms with Crippen LogP contribution in [0.15, 0.2) is 205 Å². The van der Waals surface area contributed by atoms with E-state index in [4.69, 9.17) is 9.97 Å². The summed E-state index contributed by atoms with van der Waals surface area (Å²) in [5.74, 6) is 0.624. The van der Waals surface area contributed by atoms with E-state index in [2.05, 4.69) is 118 Å². The monoisotopic (exact) mass is 755 g/mol. The first-order chi connectivity index (χ1) is 29.2. The fourth-order valence-corrected chi connectivity index (χ4v) is 9.06. The third-order valence-corrected chi connectivity index (χ3v) is 11.7. The van der Waals surface area contributed by atoms with Gasteiger partial charge in [0.25, 0.3) is 5.56 Å². The van der Waals surface area contributed by atoms with E-state index in [1.165, 1.54) is 0 Å². The Morgan fingerprint density at radius 3 is 1.56 bits per heavy atom. The third-order valence-electron chi connectivity index (χ3n) is 11.7. The second-order valence-corrected chi connectivity index (χ2v) is 15.0. The SMILES string of the molecule is O=c1c2c3cc(-c4ccc5c(c4)c4ccccc4n5-c4nc(-c5ccccc5)c5ccccc5n4)ccc3n(-c3ccccc3)c2c2ccccc2n1-c1ccccc1. The quantitative estimate of drug-likeness (QED) is 0.176. The Morgan fingerprint density at radius 2 is 0.864 bits per heavy atom. The van der Waals surface area contributed by atoms with Crippen LogP contribution in [-0.2, 0) is 0 Å². The summed E-state index contributed by atoms with van der Waals surface area (Å²) in [4.78, 5) is 25.5. The van der Waals surface area contributed by atoms with Crippen molar-refractivity contribution in [2.24, 2.45) is 0 Å². The average Bonchev–Trinajstić information content (AvgIpc) is 3.83. The van der Waals surface area contributed by atoms with Crippen LogP contribution in [0.4, 0.5) is 0 Å². The van der Waals surface area contributed by atoms with Crippen LogP contribution < -0.4 is 5.56 Å². The summed E-state index contributed by atoms with van der Waals surface area (Å²) in [6.45, 7) is 0. The van der Waals surface area contributed by atoms with E-state index in [-0.39, 0.29) is 5.56 Å². The molecule has 0 unspecified atom stereocenters. The van der Waals surface area contributed by atoms with Crippen LogP contribution in [0.3, 0.4) is 0 Å². The Morgan fingerprint density at radius 1 is 0.356 bits per heavy atom. The van der Waals surface area contributed by atoms with Gasteiger partial charge in [-0.25, -0.2) is 9.97 Å². The van der Waals surface area contributed by atoms with Crippen molar-refractivity contribution in [2.45, 2.75) is 0 Å². The fourth-order valence-electron chi connectivity index (χ4n) is 9.06. The number of nitrogens with zero attached hydrogens (tertiary/aromatic N) is 5. The van der Waals surface area contributed by atoms with E-state index in [9.17, 15) is 0 Å². The minimum absolute atomic E-state index is 0.0505. The Balaban J connectivity index is 1.11. The zero-order valence-electron chi connectivity index (χ0n) is 31.7. The molecule has 12 rings (SSSR count). The molecule has 0 amide bonds. The van der Waals surface area contributed by atoms with Crippen molar-refractivity contribution >= 4 is 65.4 Å². The number of pyridine rings is 1. The van der Waals surface area contributed by atoms with Gasteiger partial charge in [0.15, 0.2) is 0 Å². The average molecular weight is 756 g/mol. The molecule has 6 nitrogen and oxygen atoms in total. The van der Waals surface area contributed by atoms with Crippen LogP contribution in [0.25, 0.3) is 105 Å². The van der Waals surface area contributed by atoms with Gasteiger partial charge >= 0.3 is 0 Å². The highest BCUT2D eigenvalue weighted by Gasteiger charge is 2.23. The van der Waals surface area contributed by atoms with Crippen molar-refractivity contribution in [3.63, 3.8) is 0 Å². The molecule has 0 fully saturated rings. The normalized spacial score (nSPS) is 11.8. The molecule has 4 aromatic heterocycles. The number of hydrogen-bond donors (Lipinski definition) is 0. The number of rotatable bonds is 5. The lowest BCUT2D eigenvalue weighted by atomic mass is 10.0. The Hall–Kier alpha value is -8.09. The summed E-state index contributed by atoms with van der Waals surface area (Å²) in [5.41, 5.74) is 11.5. The highest BCUT2D eigenvalue weighted by Crippen LogP contribution is 2.40. The summed E-state index contributed by atoms with van der Waals surface area (Å²) in [5, 5.41) is 5.82. The molecular weight excluding hydrogens is 723 g/mol. The molecule has 0 atom stereocenters. The lowest BCUT2D eigenvalue weighted by molar-refractivity contribution is 1.01. The van der Waals surface area contributed by atoms with Crippen LogP contribution in [0, 0.1) is 0 Å². The maximum Gasteiger partial charge on any atom is 0.265 e. The fraction of sp³-hybridized carbons (Fsp3) is 0. The molecule has 0 bridgehead atoms. The van der Waals surface area contributed by atoms with Crippen LogP contribution >= 0.6 is 0 Å². The van der Waals surface area contributed by atoms with Gasteiger partial charge in [0.05, 0.1) is 44.2 Å². The van der Waals surface area contributed by atoms with Gasteiger partial charge < -0.3 is 4.57 Å². The summed E-state index contributed by atoms with van der Waals surface area (Å²) in [7, 11) is 0. The summed E-state index contributed by atoms with van der Waals surface area (Å²) in [6.07, 6.45) is 0. The molecule has 0 radical (unpaired) electrons. The molecule has 8 aromatic carbocycles. The molecule has 0 aliphatic heterocycles. The molecule has 4 heterocycles. The van der Waals surface area contributed by atoms with Gasteiger partial charge in [-0.1, -0.05) is 133 Å². The summed E-state index contributed by atoms with van der Waals surface area (Å²) in [6, 6.07) is 68.7. The smallest absolute Gasteiger partial charge is 0.265 e. The van der Waals surface area contributed by atoms with E-state index in [1.807, 2.05) is 95.6 Å². The van der Waals surface area contributed by atoms with Crippen LogP contribution in [0.1, 0.15) is 0 Å². The van der Waals surface area contributed by atoms with E-state index in [0.29, 0.717) is 11.3 Å². The zero-order valence-corrected chi connectivity index (χ0v) is 31.7. The first-order valence-corrected chi connectivity index (χ1v) is 19.8. The molecule has 0 N–H and O–H groups in total. The van der Waals surface area contributed by atoms with Gasteiger partial charge in [-0.05, 0) is 77.9 Å². The second-order valence-electron chi connectivity index (χ2n) is 15.0. The minimum Gasteiger partial charge on any atom is -0.308 e. The van der Waals surface area contributed by atoms with E-state index in [0.717, 1.165) is 93.8 Å². The summed E-state index contributed by atoms with van der Waals surface area (Å²) < 4.78 is 6.29. The highest BCUT2D eigenvalue weighted by atomic mass is 16.1. The zero-order chi connectivity index (χ0) is 39.0. The standard InChI is InChI=1S/C53H33N5O/c59-52-49-43-33-36(29-31-48(43)56(37-18-6-2-7-19-37)51(49)41-24-12-15-27-46(41)57(52)38-20-8-3-9-21-38)35-28-30-47-42(32-35)39-22-11-14-26-45(39)58(47)53-54-44-25-13-10-23-40(44)50(55-53)34-16-4-1-5-17-34/h1-33H. The van der Waals surface area contributed by atoms with Crippen LogP contribution in [0.2, 0.25) is 0 Å². The summed E-state index contributed by atoms with van der Waals surface area (Å²) >= 11 is 0. The molecule has 6 heteroatoms. The van der Waals surface area contributed by atoms with Crippen molar-refractivity contribution in [2.75, 3.05) is 0 Å². The second kappa shape index (κ2) is 13.0. The topological polar surface area (TPSA) is 57.6 Å². The van der Waals surface area contributed by atoms with Gasteiger partial charge in [0.2, 0.25) is 5.95 Å². The van der Waals surface area contributed by atoms with Crippen molar-refractivity contribution in [1.29, 1.82) is 0 Å². The number of benzene rings is 8. The van der Waals surface area contributed by atoms with E-state index >= 15 is 4.79 Å². The van der Waals surface area contributed by atoms with Gasteiger partial charge in [-0.3, -0.25) is 13.9 Å². The van der Waals surface area contributed by atoms with Gasteiger partial charge in [-0.15, -0.1) is 0 Å². The van der Waals surface area contributed by atoms with E-state index < -0.39 is 0 Å². The first kappa shape index (κ1) is 33.1. The lowest BCUT2D eigenvalue weighted by Crippen LogP contribution is -2.19. The predicted molar refractivity (Wildman–Crippen MR) is 242 cm³/mol. The van der Waals surface area contributed by atoms with E-state index in [1.54, 1.807) is 0 Å². The molecule has 0 saturated heterocycles. The van der Waals surface area contributed by atoms with Gasteiger partial charge in [0, 0.05) is 43.9 Å². The molecule has 276 valence electrons. The number of hydrogen-bond acceptors (Lipinski definition) is 3. The molecular formula is C53H33N5O. The molecule has 0 aliphatic rings. The number of para-hydroxylation sites is 5. The van der Waals surface area contributed by atoms with Crippen molar-refractivity contribution in [1.82, 2.24) is 23.7 Å². The van der Waals surface area contributed by atoms with Crippen molar-refractivity contribution in [3.05, 3.63) is 211 Å². The van der Waals surface area contributed by atoms with Crippen LogP contribution in [0.5, 0.6) is 0 Å². The third kappa shape index (κ3) is 5.03. The number of aromatic nitrogens is 5. The highest BCUT2D eigenvalue weighted by molar-refractivity contribution is 6.19. The predicted octanol–water partition coefficient (Wildman–Crippen LogP) is 12.5. The Labute approximate surface area is 338 Å². The maximum absolute atomic E-state index is 15.0. The molecule has 12 aromatic rings. The lowest BCUT2D eigenvalue weighted by Gasteiger charge is -2.14.